The molecule has 0 atom stereocenters. The van der Waals surface area contributed by atoms with Crippen molar-refractivity contribution >= 4 is 21.9 Å². The van der Waals surface area contributed by atoms with Gasteiger partial charge in [0.25, 0.3) is 10.0 Å². The van der Waals surface area contributed by atoms with Crippen molar-refractivity contribution in [2.75, 3.05) is 7.05 Å². The molecule has 4 nitrogen and oxygen atoms in total. The molecule has 0 bridgehead atoms. The first-order valence-electron chi connectivity index (χ1n) is 3.83. The van der Waals surface area contributed by atoms with Gasteiger partial charge in [-0.1, -0.05) is 22.2 Å². The molecule has 0 heterocycles. The van der Waals surface area contributed by atoms with Gasteiger partial charge in [0.1, 0.15) is 0 Å². The first kappa shape index (κ1) is 11.5. The molecule has 1 aromatic carbocycles. The Bertz CT molecular complexity index is 401. The topological polar surface area (TPSA) is 46.6 Å². The summed E-state index contributed by atoms with van der Waals surface area (Å²) in [6.45, 7) is 1.87. The van der Waals surface area contributed by atoms with Gasteiger partial charge in [-0.25, -0.2) is 8.42 Å². The second-order valence-corrected chi connectivity index (χ2v) is 4.87. The lowest BCUT2D eigenvalue weighted by Crippen LogP contribution is -2.23. The highest BCUT2D eigenvalue weighted by atomic mass is 35.5. The average Bonchev–Trinajstić information content (AvgIpc) is 2.17. The lowest BCUT2D eigenvalue weighted by Gasteiger charge is -2.11. The predicted octanol–water partition coefficient (Wildman–Crippen LogP) is 1.70. The molecule has 0 spiro atoms. The summed E-state index contributed by atoms with van der Waals surface area (Å²) in [5.41, 5.74) is 0.985. The number of benzene rings is 1. The van der Waals surface area contributed by atoms with Gasteiger partial charge in [0.05, 0.1) is 16.8 Å². The number of hydrogen-bond acceptors (Lipinski definition) is 3. The van der Waals surface area contributed by atoms with Crippen LogP contribution in [0.15, 0.2) is 29.2 Å². The van der Waals surface area contributed by atoms with E-state index in [0.717, 1.165) is 5.56 Å². The van der Waals surface area contributed by atoms with Crippen molar-refractivity contribution in [2.45, 2.75) is 11.8 Å². The Hall–Kier alpha value is -0.620. The summed E-state index contributed by atoms with van der Waals surface area (Å²) in [6.07, 6.45) is 0. The van der Waals surface area contributed by atoms with Gasteiger partial charge >= 0.3 is 0 Å². The fraction of sp³-hybridized carbons (Fsp3) is 0.250. The number of hydroxylamine groups is 1. The van der Waals surface area contributed by atoms with E-state index in [4.69, 9.17) is 11.9 Å². The van der Waals surface area contributed by atoms with E-state index in [1.54, 1.807) is 12.1 Å². The highest BCUT2D eigenvalue weighted by Crippen LogP contribution is 2.15. The zero-order valence-corrected chi connectivity index (χ0v) is 9.34. The molecule has 0 amide bonds. The van der Waals surface area contributed by atoms with Crippen LogP contribution in [0.2, 0.25) is 0 Å². The van der Waals surface area contributed by atoms with Crippen molar-refractivity contribution in [3.05, 3.63) is 29.8 Å². The van der Waals surface area contributed by atoms with Crippen LogP contribution in [0.4, 0.5) is 0 Å². The van der Waals surface area contributed by atoms with E-state index in [1.165, 1.54) is 19.2 Å². The summed E-state index contributed by atoms with van der Waals surface area (Å²) in [5, 5.41) is 0. The number of nitrogens with zero attached hydrogens (tertiary/aromatic N) is 1. The molecular weight excluding hydrogens is 226 g/mol. The largest absolute Gasteiger partial charge is 0.266 e. The Kier molecular flexibility index (Phi) is 3.49. The molecule has 0 radical (unpaired) electrons. The number of rotatable bonds is 3. The maximum absolute atomic E-state index is 11.6. The molecule has 0 N–H and O–H groups in total. The van der Waals surface area contributed by atoms with Crippen LogP contribution in [0.5, 0.6) is 0 Å². The summed E-state index contributed by atoms with van der Waals surface area (Å²) in [4.78, 5) is 0.145. The van der Waals surface area contributed by atoms with E-state index >= 15 is 0 Å². The summed E-state index contributed by atoms with van der Waals surface area (Å²) in [6, 6.07) is 6.40. The molecule has 0 fully saturated rings. The zero-order valence-electron chi connectivity index (χ0n) is 7.77. The Balaban J connectivity index is 3.11. The Morgan fingerprint density at radius 2 is 1.79 bits per heavy atom. The summed E-state index contributed by atoms with van der Waals surface area (Å²) < 4.78 is 27.9. The first-order chi connectivity index (χ1) is 6.48. The van der Waals surface area contributed by atoms with Gasteiger partial charge in [-0.2, -0.15) is 4.39 Å². The number of hydrogen-bond donors (Lipinski definition) is 0. The molecule has 0 saturated carbocycles. The van der Waals surface area contributed by atoms with Crippen LogP contribution < -0.4 is 0 Å². The molecule has 0 saturated heterocycles. The summed E-state index contributed by atoms with van der Waals surface area (Å²) in [5.74, 6) is 0. The highest BCUT2D eigenvalue weighted by molar-refractivity contribution is 7.89. The lowest BCUT2D eigenvalue weighted by molar-refractivity contribution is 0.0794. The van der Waals surface area contributed by atoms with Gasteiger partial charge in [0, 0.05) is 7.05 Å². The molecule has 0 aliphatic rings. The van der Waals surface area contributed by atoms with Crippen molar-refractivity contribution in [2.24, 2.45) is 0 Å². The minimum Gasteiger partial charge on any atom is -0.205 e. The summed E-state index contributed by atoms with van der Waals surface area (Å²) in [7, 11) is -2.40. The Labute approximate surface area is 88.2 Å². The van der Waals surface area contributed by atoms with Crippen molar-refractivity contribution in [3.63, 3.8) is 0 Å². The monoisotopic (exact) mass is 235 g/mol. The predicted molar refractivity (Wildman–Crippen MR) is 53.1 cm³/mol. The first-order valence-corrected chi connectivity index (χ1v) is 5.57. The lowest BCUT2D eigenvalue weighted by atomic mass is 10.2. The van der Waals surface area contributed by atoms with Crippen molar-refractivity contribution in [3.8, 4) is 0 Å². The molecule has 1 rings (SSSR count). The van der Waals surface area contributed by atoms with Crippen LogP contribution >= 0.6 is 11.9 Å². The quantitative estimate of drug-likeness (QED) is 0.750. The van der Waals surface area contributed by atoms with E-state index in [9.17, 15) is 8.42 Å². The molecule has 0 unspecified atom stereocenters. The molecule has 0 aliphatic carbocycles. The molecule has 0 aromatic heterocycles. The minimum absolute atomic E-state index is 0.145. The van der Waals surface area contributed by atoms with Crippen molar-refractivity contribution in [1.29, 1.82) is 0 Å². The van der Waals surface area contributed by atoms with Crippen LogP contribution in [0.3, 0.4) is 0 Å². The maximum Gasteiger partial charge on any atom is 0.266 e. The van der Waals surface area contributed by atoms with Gasteiger partial charge in [-0.15, -0.1) is 0 Å². The fourth-order valence-electron chi connectivity index (χ4n) is 0.896. The van der Waals surface area contributed by atoms with E-state index in [2.05, 4.69) is 4.39 Å². The van der Waals surface area contributed by atoms with Crippen molar-refractivity contribution < 1.29 is 12.8 Å². The third kappa shape index (κ3) is 2.24. The molecule has 6 heteroatoms. The molecule has 78 valence electrons. The maximum atomic E-state index is 11.6. The second-order valence-electron chi connectivity index (χ2n) is 2.80. The van der Waals surface area contributed by atoms with Gasteiger partial charge in [0.2, 0.25) is 0 Å². The second kappa shape index (κ2) is 4.27. The number of halogens is 1. The Morgan fingerprint density at radius 3 is 2.21 bits per heavy atom. The van der Waals surface area contributed by atoms with Crippen LogP contribution in [-0.2, 0) is 14.4 Å². The van der Waals surface area contributed by atoms with E-state index < -0.39 is 10.0 Å². The summed E-state index contributed by atoms with van der Waals surface area (Å²) >= 11 is 4.96. The number of aryl methyl sites for hydroxylation is 1. The van der Waals surface area contributed by atoms with Crippen LogP contribution in [0, 0.1) is 6.92 Å². The van der Waals surface area contributed by atoms with Crippen LogP contribution in [-0.4, -0.2) is 19.9 Å². The average molecular weight is 236 g/mol. The Morgan fingerprint density at radius 1 is 1.29 bits per heavy atom. The van der Waals surface area contributed by atoms with Gasteiger partial charge in [-0.05, 0) is 19.1 Å². The van der Waals surface area contributed by atoms with E-state index in [0.29, 0.717) is 4.47 Å². The standard InChI is InChI=1S/C8H10ClNO3S/c1-7-3-5-8(6-4-7)14(11,12)10(2)13-9/h3-6H,1-2H3. The molecule has 1 aromatic rings. The van der Waals surface area contributed by atoms with Gasteiger partial charge in [-0.3, -0.25) is 0 Å². The number of sulfonamides is 1. The van der Waals surface area contributed by atoms with Crippen LogP contribution in [0.1, 0.15) is 5.56 Å². The smallest absolute Gasteiger partial charge is 0.205 e. The zero-order chi connectivity index (χ0) is 10.8. The highest BCUT2D eigenvalue weighted by Gasteiger charge is 2.20. The van der Waals surface area contributed by atoms with Gasteiger partial charge in [0.15, 0.2) is 0 Å². The normalized spacial score (nSPS) is 12.0. The third-order valence-electron chi connectivity index (χ3n) is 1.75. The molecular formula is C8H10ClNO3S. The SMILES string of the molecule is Cc1ccc(S(=O)(=O)N(C)OCl)cc1. The third-order valence-corrected chi connectivity index (χ3v) is 3.66. The van der Waals surface area contributed by atoms with E-state index in [1.807, 2.05) is 6.92 Å². The molecule has 0 aliphatic heterocycles. The minimum atomic E-state index is -3.63. The van der Waals surface area contributed by atoms with Gasteiger partial charge < -0.3 is 0 Å². The van der Waals surface area contributed by atoms with Crippen molar-refractivity contribution in [1.82, 2.24) is 4.47 Å². The fourth-order valence-corrected chi connectivity index (χ4v) is 1.97. The molecule has 14 heavy (non-hydrogen) atoms. The van der Waals surface area contributed by atoms with Crippen LogP contribution in [0.25, 0.3) is 0 Å². The van der Waals surface area contributed by atoms with E-state index in [-0.39, 0.29) is 4.90 Å².